The molecule has 0 saturated heterocycles. The molecule has 0 fully saturated rings. The molecule has 7 heteroatoms. The van der Waals surface area contributed by atoms with E-state index < -0.39 is 17.3 Å². The van der Waals surface area contributed by atoms with Crippen molar-refractivity contribution in [2.75, 3.05) is 12.8 Å². The molecule has 0 aliphatic carbocycles. The molecule has 2 aromatic rings. The second kappa shape index (κ2) is 3.94. The fraction of sp³-hybridized carbons (Fsp3) is 0.182. The molecule has 0 aliphatic heterocycles. The molecular formula is C11H9F3N2O2. The van der Waals surface area contributed by atoms with Crippen LogP contribution >= 0.6 is 0 Å². The van der Waals surface area contributed by atoms with Crippen LogP contribution in [-0.4, -0.2) is 12.1 Å². The number of H-pyrrole nitrogens is 1. The summed E-state index contributed by atoms with van der Waals surface area (Å²) < 4.78 is 43.6. The quantitative estimate of drug-likeness (QED) is 0.770. The molecule has 0 amide bonds. The van der Waals surface area contributed by atoms with E-state index in [2.05, 4.69) is 4.98 Å². The topological polar surface area (TPSA) is 68.1 Å². The monoisotopic (exact) mass is 258 g/mol. The third-order valence-corrected chi connectivity index (χ3v) is 2.50. The van der Waals surface area contributed by atoms with Gasteiger partial charge in [0, 0.05) is 6.07 Å². The predicted molar refractivity (Wildman–Crippen MR) is 60.5 cm³/mol. The maximum Gasteiger partial charge on any atom is 0.417 e. The SMILES string of the molecule is COc1c(N)ccc2[nH]c(=O)cc(C(F)(F)F)c12. The van der Waals surface area contributed by atoms with Gasteiger partial charge in [-0.3, -0.25) is 4.79 Å². The van der Waals surface area contributed by atoms with Crippen molar-refractivity contribution < 1.29 is 17.9 Å². The summed E-state index contributed by atoms with van der Waals surface area (Å²) in [6.45, 7) is 0. The van der Waals surface area contributed by atoms with Crippen LogP contribution in [-0.2, 0) is 6.18 Å². The summed E-state index contributed by atoms with van der Waals surface area (Å²) in [4.78, 5) is 13.5. The van der Waals surface area contributed by atoms with Crippen molar-refractivity contribution in [3.63, 3.8) is 0 Å². The van der Waals surface area contributed by atoms with Gasteiger partial charge in [-0.05, 0) is 12.1 Å². The van der Waals surface area contributed by atoms with Crippen molar-refractivity contribution in [2.24, 2.45) is 0 Å². The van der Waals surface area contributed by atoms with Crippen molar-refractivity contribution in [3.05, 3.63) is 34.1 Å². The van der Waals surface area contributed by atoms with Crippen molar-refractivity contribution in [1.29, 1.82) is 0 Å². The van der Waals surface area contributed by atoms with Crippen molar-refractivity contribution in [1.82, 2.24) is 4.98 Å². The van der Waals surface area contributed by atoms with Crippen LogP contribution in [0.1, 0.15) is 5.56 Å². The minimum atomic E-state index is -4.66. The number of nitrogens with one attached hydrogen (secondary N) is 1. The Balaban J connectivity index is 3.00. The second-order valence-electron chi connectivity index (χ2n) is 3.66. The van der Waals surface area contributed by atoms with E-state index in [9.17, 15) is 18.0 Å². The minimum absolute atomic E-state index is 0.0286. The van der Waals surface area contributed by atoms with E-state index in [0.717, 1.165) is 0 Å². The van der Waals surface area contributed by atoms with Crippen LogP contribution in [0, 0.1) is 0 Å². The van der Waals surface area contributed by atoms with Crippen LogP contribution in [0.25, 0.3) is 10.9 Å². The van der Waals surface area contributed by atoms with Crippen molar-refractivity contribution in [2.45, 2.75) is 6.18 Å². The van der Waals surface area contributed by atoms with Gasteiger partial charge in [0.1, 0.15) is 0 Å². The van der Waals surface area contributed by atoms with Crippen molar-refractivity contribution >= 4 is 16.6 Å². The number of aromatic nitrogens is 1. The zero-order valence-corrected chi connectivity index (χ0v) is 9.26. The number of fused-ring (bicyclic) bond motifs is 1. The largest absolute Gasteiger partial charge is 0.494 e. The lowest BCUT2D eigenvalue weighted by Crippen LogP contribution is -2.14. The van der Waals surface area contributed by atoms with Crippen LogP contribution in [0.2, 0.25) is 0 Å². The van der Waals surface area contributed by atoms with E-state index in [1.54, 1.807) is 0 Å². The third-order valence-electron chi connectivity index (χ3n) is 2.50. The second-order valence-corrected chi connectivity index (χ2v) is 3.66. The number of nitrogen functional groups attached to an aromatic ring is 1. The number of halogens is 3. The molecule has 0 unspecified atom stereocenters. The van der Waals surface area contributed by atoms with Gasteiger partial charge in [0.25, 0.3) is 0 Å². The molecule has 0 aliphatic rings. The Morgan fingerprint density at radius 2 is 2.00 bits per heavy atom. The van der Waals surface area contributed by atoms with Gasteiger partial charge in [0.05, 0.1) is 29.3 Å². The first-order chi connectivity index (χ1) is 8.34. The van der Waals surface area contributed by atoms with Gasteiger partial charge in [0.2, 0.25) is 5.56 Å². The fourth-order valence-corrected chi connectivity index (χ4v) is 1.79. The van der Waals surface area contributed by atoms with E-state index in [1.165, 1.54) is 19.2 Å². The van der Waals surface area contributed by atoms with Crippen molar-refractivity contribution in [3.8, 4) is 5.75 Å². The molecule has 0 spiro atoms. The highest BCUT2D eigenvalue weighted by Gasteiger charge is 2.34. The first-order valence-electron chi connectivity index (χ1n) is 4.91. The van der Waals surface area contributed by atoms with Gasteiger partial charge in [0.15, 0.2) is 5.75 Å². The van der Waals surface area contributed by atoms with E-state index in [0.29, 0.717) is 6.07 Å². The van der Waals surface area contributed by atoms with Gasteiger partial charge in [-0.15, -0.1) is 0 Å². The number of aromatic amines is 1. The summed E-state index contributed by atoms with van der Waals surface area (Å²) in [7, 11) is 1.22. The first kappa shape index (κ1) is 12.3. The maximum atomic E-state index is 12.9. The molecule has 1 heterocycles. The van der Waals surface area contributed by atoms with Gasteiger partial charge in [-0.1, -0.05) is 0 Å². The Morgan fingerprint density at radius 1 is 1.33 bits per heavy atom. The highest BCUT2D eigenvalue weighted by Crippen LogP contribution is 2.39. The average Bonchev–Trinajstić information content (AvgIpc) is 2.27. The molecule has 0 bridgehead atoms. The molecule has 0 saturated carbocycles. The van der Waals surface area contributed by atoms with Gasteiger partial charge in [-0.2, -0.15) is 13.2 Å². The number of benzene rings is 1. The lowest BCUT2D eigenvalue weighted by Gasteiger charge is -2.14. The van der Waals surface area contributed by atoms with Crippen LogP contribution < -0.4 is 16.0 Å². The van der Waals surface area contributed by atoms with E-state index in [-0.39, 0.29) is 22.3 Å². The Hall–Kier alpha value is -2.18. The van der Waals surface area contributed by atoms with Gasteiger partial charge >= 0.3 is 6.18 Å². The molecule has 0 atom stereocenters. The van der Waals surface area contributed by atoms with E-state index in [4.69, 9.17) is 10.5 Å². The molecular weight excluding hydrogens is 249 g/mol. The number of hydrogen-bond acceptors (Lipinski definition) is 3. The van der Waals surface area contributed by atoms with Crippen LogP contribution in [0.4, 0.5) is 18.9 Å². The summed E-state index contributed by atoms with van der Waals surface area (Å²) in [6.07, 6.45) is -4.66. The highest BCUT2D eigenvalue weighted by atomic mass is 19.4. The maximum absolute atomic E-state index is 12.9. The normalized spacial score (nSPS) is 11.8. The molecule has 0 radical (unpaired) electrons. The van der Waals surface area contributed by atoms with Crippen LogP contribution in [0.5, 0.6) is 5.75 Å². The minimum Gasteiger partial charge on any atom is -0.494 e. The van der Waals surface area contributed by atoms with Gasteiger partial charge in [-0.25, -0.2) is 0 Å². The fourth-order valence-electron chi connectivity index (χ4n) is 1.79. The Morgan fingerprint density at radius 3 is 2.56 bits per heavy atom. The number of pyridine rings is 1. The number of nitrogens with two attached hydrogens (primary N) is 1. The van der Waals surface area contributed by atoms with E-state index in [1.807, 2.05) is 0 Å². The predicted octanol–water partition coefficient (Wildman–Crippen LogP) is 2.14. The third kappa shape index (κ3) is 1.87. The molecule has 3 N–H and O–H groups in total. The number of hydrogen-bond donors (Lipinski definition) is 2. The molecule has 1 aromatic carbocycles. The Kier molecular flexibility index (Phi) is 2.68. The average molecular weight is 258 g/mol. The number of rotatable bonds is 1. The number of ether oxygens (including phenoxy) is 1. The Bertz CT molecular complexity index is 662. The molecule has 18 heavy (non-hydrogen) atoms. The lowest BCUT2D eigenvalue weighted by atomic mass is 10.1. The van der Waals surface area contributed by atoms with Crippen LogP contribution in [0.15, 0.2) is 23.0 Å². The summed E-state index contributed by atoms with van der Waals surface area (Å²) in [5.74, 6) is -0.101. The number of anilines is 1. The Labute approximate surface area is 99.2 Å². The van der Waals surface area contributed by atoms with E-state index >= 15 is 0 Å². The summed E-state index contributed by atoms with van der Waals surface area (Å²) in [5.41, 5.74) is 3.77. The lowest BCUT2D eigenvalue weighted by molar-refractivity contribution is -0.136. The number of alkyl halides is 3. The number of methoxy groups -OCH3 is 1. The molecule has 2 rings (SSSR count). The molecule has 4 nitrogen and oxygen atoms in total. The first-order valence-corrected chi connectivity index (χ1v) is 4.91. The summed E-state index contributed by atoms with van der Waals surface area (Å²) in [6, 6.07) is 3.17. The summed E-state index contributed by atoms with van der Waals surface area (Å²) in [5, 5.41) is -0.246. The van der Waals surface area contributed by atoms with Gasteiger partial charge < -0.3 is 15.5 Å². The van der Waals surface area contributed by atoms with Crippen LogP contribution in [0.3, 0.4) is 0 Å². The molecule has 1 aromatic heterocycles. The highest BCUT2D eigenvalue weighted by molar-refractivity contribution is 5.93. The zero-order chi connectivity index (χ0) is 13.5. The standard InChI is InChI=1S/C11H9F3N2O2/c1-18-10-6(15)2-3-7-9(10)5(11(12,13)14)4-8(17)16-7/h2-4H,15H2,1H3,(H,16,17). The molecule has 96 valence electrons. The smallest absolute Gasteiger partial charge is 0.417 e. The zero-order valence-electron chi connectivity index (χ0n) is 9.26. The summed E-state index contributed by atoms with van der Waals surface area (Å²) >= 11 is 0.